The molecule has 1 atom stereocenters. The summed E-state index contributed by atoms with van der Waals surface area (Å²) in [6.07, 6.45) is 0. The lowest BCUT2D eigenvalue weighted by atomic mass is 10.0. The molecule has 10 nitrogen and oxygen atoms in total. The zero-order chi connectivity index (χ0) is 22.1. The maximum absolute atomic E-state index is 12.4. The largest absolute Gasteiger partial charge is 0.484 e. The maximum Gasteiger partial charge on any atom is 0.270 e. The fourth-order valence-corrected chi connectivity index (χ4v) is 2.44. The summed E-state index contributed by atoms with van der Waals surface area (Å²) in [5.41, 5.74) is 4.17. The number of non-ortho nitro benzene ring substituents is 1. The standard InChI is InChI=1S/C20H22N4O6/c1-13(2)18(21-17(25)12-30-16-9-4-3-5-10-16)20(27)23-22-19(26)14-7-6-8-15(11-14)24(28)29/h3-11,13,18H,12H2,1-2H3,(H,21,25)(H,22,26)(H,23,27)/t18-/m0/s1. The van der Waals surface area contributed by atoms with Crippen molar-refractivity contribution < 1.29 is 24.0 Å². The van der Waals surface area contributed by atoms with Gasteiger partial charge in [-0.25, -0.2) is 0 Å². The average molecular weight is 414 g/mol. The summed E-state index contributed by atoms with van der Waals surface area (Å²) in [4.78, 5) is 46.9. The van der Waals surface area contributed by atoms with Crippen LogP contribution < -0.4 is 20.9 Å². The van der Waals surface area contributed by atoms with Crippen molar-refractivity contribution in [2.24, 2.45) is 5.92 Å². The van der Waals surface area contributed by atoms with Gasteiger partial charge in [0.1, 0.15) is 11.8 Å². The molecular formula is C20H22N4O6. The van der Waals surface area contributed by atoms with Gasteiger partial charge >= 0.3 is 0 Å². The molecule has 0 heterocycles. The minimum atomic E-state index is -0.928. The topological polar surface area (TPSA) is 140 Å². The van der Waals surface area contributed by atoms with Crippen molar-refractivity contribution in [1.82, 2.24) is 16.2 Å². The lowest BCUT2D eigenvalue weighted by Gasteiger charge is -2.22. The van der Waals surface area contributed by atoms with Crippen LogP contribution >= 0.6 is 0 Å². The third-order valence-corrected chi connectivity index (χ3v) is 4.00. The number of nitro benzene ring substituents is 1. The maximum atomic E-state index is 12.4. The molecule has 0 spiro atoms. The second kappa shape index (κ2) is 10.6. The number of ether oxygens (including phenoxy) is 1. The minimum absolute atomic E-state index is 0.00546. The molecule has 2 aromatic carbocycles. The molecule has 2 aromatic rings. The Morgan fingerprint density at radius 1 is 1.03 bits per heavy atom. The van der Waals surface area contributed by atoms with E-state index in [-0.39, 0.29) is 23.8 Å². The molecule has 0 radical (unpaired) electrons. The number of hydrogen-bond acceptors (Lipinski definition) is 6. The fraction of sp³-hybridized carbons (Fsp3) is 0.250. The van der Waals surface area contributed by atoms with Gasteiger partial charge in [0, 0.05) is 17.7 Å². The van der Waals surface area contributed by atoms with E-state index in [0.29, 0.717) is 5.75 Å². The molecule has 0 unspecified atom stereocenters. The van der Waals surface area contributed by atoms with E-state index in [1.807, 2.05) is 6.07 Å². The summed E-state index contributed by atoms with van der Waals surface area (Å²) in [6.45, 7) is 3.18. The Morgan fingerprint density at radius 2 is 1.73 bits per heavy atom. The van der Waals surface area contributed by atoms with E-state index < -0.39 is 28.7 Å². The Kier molecular flexibility index (Phi) is 7.86. The number of nitro groups is 1. The minimum Gasteiger partial charge on any atom is -0.484 e. The molecule has 0 aliphatic heterocycles. The summed E-state index contributed by atoms with van der Waals surface area (Å²) in [5, 5.41) is 13.4. The smallest absolute Gasteiger partial charge is 0.270 e. The predicted molar refractivity (Wildman–Crippen MR) is 107 cm³/mol. The zero-order valence-corrected chi connectivity index (χ0v) is 16.5. The second-order valence-electron chi connectivity index (χ2n) is 6.64. The van der Waals surface area contributed by atoms with Crippen molar-refractivity contribution in [2.75, 3.05) is 6.61 Å². The van der Waals surface area contributed by atoms with Crippen LogP contribution in [0.1, 0.15) is 24.2 Å². The van der Waals surface area contributed by atoms with Crippen LogP contribution in [-0.2, 0) is 9.59 Å². The molecule has 10 heteroatoms. The molecule has 0 saturated heterocycles. The summed E-state index contributed by atoms with van der Waals surface area (Å²) >= 11 is 0. The molecule has 30 heavy (non-hydrogen) atoms. The molecular weight excluding hydrogens is 392 g/mol. The Labute approximate surface area is 172 Å². The van der Waals surface area contributed by atoms with Crippen LogP contribution in [-0.4, -0.2) is 35.3 Å². The predicted octanol–water partition coefficient (Wildman–Crippen LogP) is 1.58. The van der Waals surface area contributed by atoms with E-state index >= 15 is 0 Å². The van der Waals surface area contributed by atoms with Crippen LogP contribution in [0.2, 0.25) is 0 Å². The number of rotatable bonds is 8. The van der Waals surface area contributed by atoms with Gasteiger partial charge in [-0.3, -0.25) is 35.3 Å². The number of carbonyl (C=O) groups excluding carboxylic acids is 3. The normalized spacial score (nSPS) is 11.3. The first-order valence-electron chi connectivity index (χ1n) is 9.09. The summed E-state index contributed by atoms with van der Waals surface area (Å²) < 4.78 is 5.35. The highest BCUT2D eigenvalue weighted by Crippen LogP contribution is 2.13. The van der Waals surface area contributed by atoms with E-state index in [4.69, 9.17) is 4.74 Å². The van der Waals surface area contributed by atoms with Gasteiger partial charge in [0.2, 0.25) is 0 Å². The first-order valence-corrected chi connectivity index (χ1v) is 9.09. The van der Waals surface area contributed by atoms with Gasteiger partial charge in [-0.2, -0.15) is 0 Å². The third kappa shape index (κ3) is 6.59. The van der Waals surface area contributed by atoms with Crippen LogP contribution in [0.3, 0.4) is 0 Å². The van der Waals surface area contributed by atoms with Gasteiger partial charge in [-0.1, -0.05) is 38.1 Å². The average Bonchev–Trinajstić information content (AvgIpc) is 2.74. The lowest BCUT2D eigenvalue weighted by molar-refractivity contribution is -0.384. The zero-order valence-electron chi connectivity index (χ0n) is 16.5. The molecule has 3 N–H and O–H groups in total. The molecule has 2 rings (SSSR count). The highest BCUT2D eigenvalue weighted by Gasteiger charge is 2.25. The fourth-order valence-electron chi connectivity index (χ4n) is 2.44. The molecule has 0 aromatic heterocycles. The van der Waals surface area contributed by atoms with Gasteiger partial charge in [-0.15, -0.1) is 0 Å². The summed E-state index contributed by atoms with van der Waals surface area (Å²) in [6, 6.07) is 12.9. The highest BCUT2D eigenvalue weighted by molar-refractivity contribution is 5.97. The number of nitrogens with one attached hydrogen (secondary N) is 3. The molecule has 0 saturated carbocycles. The van der Waals surface area contributed by atoms with Crippen LogP contribution in [0.15, 0.2) is 54.6 Å². The molecule has 0 aliphatic carbocycles. The molecule has 0 aliphatic rings. The van der Waals surface area contributed by atoms with E-state index in [1.54, 1.807) is 38.1 Å². The summed E-state index contributed by atoms with van der Waals surface area (Å²) in [7, 11) is 0. The van der Waals surface area contributed by atoms with Crippen LogP contribution in [0.4, 0.5) is 5.69 Å². The number of benzene rings is 2. The first kappa shape index (κ1) is 22.3. The van der Waals surface area contributed by atoms with Crippen molar-refractivity contribution in [3.05, 3.63) is 70.3 Å². The third-order valence-electron chi connectivity index (χ3n) is 4.00. The SMILES string of the molecule is CC(C)[C@H](NC(=O)COc1ccccc1)C(=O)NNC(=O)c1cccc([N+](=O)[O-])c1. The molecule has 3 amide bonds. The van der Waals surface area contributed by atoms with Gasteiger partial charge in [0.05, 0.1) is 4.92 Å². The monoisotopic (exact) mass is 414 g/mol. The molecule has 158 valence electrons. The number of hydrazine groups is 1. The number of para-hydroxylation sites is 1. The van der Waals surface area contributed by atoms with E-state index in [9.17, 15) is 24.5 Å². The van der Waals surface area contributed by atoms with Gasteiger partial charge < -0.3 is 10.1 Å². The van der Waals surface area contributed by atoms with Crippen molar-refractivity contribution in [2.45, 2.75) is 19.9 Å². The van der Waals surface area contributed by atoms with E-state index in [1.165, 1.54) is 18.2 Å². The number of amides is 3. The molecule has 0 bridgehead atoms. The quantitative estimate of drug-likeness (QED) is 0.443. The van der Waals surface area contributed by atoms with Crippen molar-refractivity contribution in [3.63, 3.8) is 0 Å². The number of hydrogen-bond donors (Lipinski definition) is 3. The number of carbonyl (C=O) groups is 3. The Bertz CT molecular complexity index is 917. The van der Waals surface area contributed by atoms with Crippen molar-refractivity contribution in [1.29, 1.82) is 0 Å². The Balaban J connectivity index is 1.90. The Morgan fingerprint density at radius 3 is 2.37 bits per heavy atom. The lowest BCUT2D eigenvalue weighted by Crippen LogP contribution is -2.55. The first-order chi connectivity index (χ1) is 14.3. The van der Waals surface area contributed by atoms with Gasteiger partial charge in [0.25, 0.3) is 23.4 Å². The molecule has 0 fully saturated rings. The van der Waals surface area contributed by atoms with Crippen LogP contribution in [0.5, 0.6) is 5.75 Å². The van der Waals surface area contributed by atoms with Crippen molar-refractivity contribution in [3.8, 4) is 5.75 Å². The second-order valence-corrected chi connectivity index (χ2v) is 6.64. The van der Waals surface area contributed by atoms with Crippen molar-refractivity contribution >= 4 is 23.4 Å². The van der Waals surface area contributed by atoms with Gasteiger partial charge in [-0.05, 0) is 24.1 Å². The summed E-state index contributed by atoms with van der Waals surface area (Å²) in [5.74, 6) is -1.63. The Hall–Kier alpha value is -3.95. The van der Waals surface area contributed by atoms with Crippen LogP contribution in [0, 0.1) is 16.0 Å². The van der Waals surface area contributed by atoms with E-state index in [2.05, 4.69) is 16.2 Å². The number of nitrogens with zero attached hydrogens (tertiary/aromatic N) is 1. The van der Waals surface area contributed by atoms with Gasteiger partial charge in [0.15, 0.2) is 6.61 Å². The van der Waals surface area contributed by atoms with Crippen LogP contribution in [0.25, 0.3) is 0 Å². The van der Waals surface area contributed by atoms with E-state index in [0.717, 1.165) is 6.07 Å². The highest BCUT2D eigenvalue weighted by atomic mass is 16.6.